The Kier molecular flexibility index (Phi) is 6.58. The van der Waals surface area contributed by atoms with Crippen LogP contribution in [0.2, 0.25) is 5.02 Å². The number of non-ortho nitro benzene ring substituents is 2. The highest BCUT2D eigenvalue weighted by Crippen LogP contribution is 2.22. The first kappa shape index (κ1) is 18.8. The number of benzene rings is 2. The zero-order chi connectivity index (χ0) is 18.9. The summed E-state index contributed by atoms with van der Waals surface area (Å²) in [7, 11) is 0. The third-order valence-electron chi connectivity index (χ3n) is 2.96. The minimum absolute atomic E-state index is 0.0403. The van der Waals surface area contributed by atoms with Crippen molar-refractivity contribution in [3.8, 4) is 11.5 Å². The summed E-state index contributed by atoms with van der Waals surface area (Å²) in [6, 6.07) is 15.1. The third kappa shape index (κ3) is 5.84. The van der Waals surface area contributed by atoms with Crippen LogP contribution in [0.15, 0.2) is 73.1 Å². The monoisotopic (exact) mass is 373 g/mol. The molecule has 1 heterocycles. The van der Waals surface area contributed by atoms with Crippen molar-refractivity contribution in [1.82, 2.24) is 4.98 Å². The quantitative estimate of drug-likeness (QED) is 0.468. The summed E-state index contributed by atoms with van der Waals surface area (Å²) in [6.07, 6.45) is 3.21. The zero-order valence-electron chi connectivity index (χ0n) is 13.2. The van der Waals surface area contributed by atoms with E-state index in [0.717, 1.165) is 0 Å². The van der Waals surface area contributed by atoms with E-state index >= 15 is 0 Å². The van der Waals surface area contributed by atoms with Crippen LogP contribution in [0.5, 0.6) is 11.5 Å². The summed E-state index contributed by atoms with van der Waals surface area (Å²) in [5, 5.41) is 21.0. The molecule has 0 atom stereocenters. The van der Waals surface area contributed by atoms with Gasteiger partial charge in [0.25, 0.3) is 11.4 Å². The topological polar surface area (TPSA) is 108 Å². The molecule has 0 N–H and O–H groups in total. The van der Waals surface area contributed by atoms with Gasteiger partial charge in [0.1, 0.15) is 11.5 Å². The number of nitro groups is 2. The molecular formula is C17H12ClN3O5. The predicted molar refractivity (Wildman–Crippen MR) is 95.5 cm³/mol. The fourth-order valence-electron chi connectivity index (χ4n) is 1.74. The largest absolute Gasteiger partial charge is 0.456 e. The number of ether oxygens (including phenoxy) is 1. The van der Waals surface area contributed by atoms with E-state index in [0.29, 0.717) is 16.5 Å². The minimum Gasteiger partial charge on any atom is -0.456 e. The average Bonchev–Trinajstić information content (AvgIpc) is 2.64. The summed E-state index contributed by atoms with van der Waals surface area (Å²) >= 11 is 5.49. The molecule has 1 aromatic heterocycles. The van der Waals surface area contributed by atoms with Crippen LogP contribution >= 0.6 is 11.6 Å². The molecule has 0 bridgehead atoms. The van der Waals surface area contributed by atoms with Gasteiger partial charge in [0.2, 0.25) is 0 Å². The molecule has 0 unspecified atom stereocenters. The fourth-order valence-corrected chi connectivity index (χ4v) is 1.87. The van der Waals surface area contributed by atoms with Crippen molar-refractivity contribution in [3.63, 3.8) is 0 Å². The normalized spacial score (nSPS) is 9.58. The Morgan fingerprint density at radius 2 is 1.35 bits per heavy atom. The lowest BCUT2D eigenvalue weighted by Gasteiger charge is -2.03. The molecule has 0 saturated carbocycles. The van der Waals surface area contributed by atoms with E-state index in [1.54, 1.807) is 36.7 Å². The first-order chi connectivity index (χ1) is 12.5. The van der Waals surface area contributed by atoms with Gasteiger partial charge in [0.15, 0.2) is 0 Å². The lowest BCUT2D eigenvalue weighted by Crippen LogP contribution is -1.88. The van der Waals surface area contributed by atoms with Gasteiger partial charge in [-0.15, -0.1) is 0 Å². The smallest absolute Gasteiger partial charge is 0.269 e. The van der Waals surface area contributed by atoms with E-state index in [2.05, 4.69) is 4.98 Å². The van der Waals surface area contributed by atoms with E-state index in [-0.39, 0.29) is 11.4 Å². The number of aromatic nitrogens is 1. The van der Waals surface area contributed by atoms with E-state index in [1.807, 2.05) is 0 Å². The van der Waals surface area contributed by atoms with E-state index in [1.165, 1.54) is 36.4 Å². The van der Waals surface area contributed by atoms with Crippen molar-refractivity contribution in [1.29, 1.82) is 0 Å². The van der Waals surface area contributed by atoms with Gasteiger partial charge < -0.3 is 4.74 Å². The summed E-state index contributed by atoms with van der Waals surface area (Å²) in [6.45, 7) is 0. The van der Waals surface area contributed by atoms with Crippen molar-refractivity contribution in [2.75, 3.05) is 0 Å². The number of nitro benzene ring substituents is 2. The molecule has 0 aliphatic heterocycles. The van der Waals surface area contributed by atoms with Crippen molar-refractivity contribution in [3.05, 3.63) is 98.3 Å². The molecule has 0 saturated heterocycles. The van der Waals surface area contributed by atoms with Gasteiger partial charge in [-0.2, -0.15) is 0 Å². The van der Waals surface area contributed by atoms with Gasteiger partial charge in [0, 0.05) is 35.5 Å². The van der Waals surface area contributed by atoms with Crippen molar-refractivity contribution in [2.24, 2.45) is 0 Å². The summed E-state index contributed by atoms with van der Waals surface area (Å²) in [5.74, 6) is 1.13. The van der Waals surface area contributed by atoms with Gasteiger partial charge in [-0.25, -0.2) is 0 Å². The Morgan fingerprint density at radius 3 is 1.81 bits per heavy atom. The molecule has 132 valence electrons. The van der Waals surface area contributed by atoms with Crippen molar-refractivity contribution >= 4 is 23.0 Å². The average molecular weight is 374 g/mol. The van der Waals surface area contributed by atoms with E-state index < -0.39 is 9.85 Å². The number of hydrogen-bond donors (Lipinski definition) is 0. The molecule has 0 radical (unpaired) electrons. The molecule has 0 amide bonds. The number of rotatable bonds is 4. The van der Waals surface area contributed by atoms with Crippen molar-refractivity contribution in [2.45, 2.75) is 0 Å². The van der Waals surface area contributed by atoms with Gasteiger partial charge in [0.05, 0.1) is 16.0 Å². The van der Waals surface area contributed by atoms with Crippen LogP contribution in [0.25, 0.3) is 0 Å². The number of nitrogens with zero attached hydrogens (tertiary/aromatic N) is 3. The highest BCUT2D eigenvalue weighted by molar-refractivity contribution is 6.30. The highest BCUT2D eigenvalue weighted by atomic mass is 35.5. The van der Waals surface area contributed by atoms with Gasteiger partial charge in [-0.1, -0.05) is 11.6 Å². The first-order valence-corrected chi connectivity index (χ1v) is 7.56. The zero-order valence-corrected chi connectivity index (χ0v) is 13.9. The van der Waals surface area contributed by atoms with Crippen LogP contribution in [0.1, 0.15) is 0 Å². The Hall–Kier alpha value is -3.52. The standard InChI is InChI=1S/C11H8N2O3.C6H4ClNO2/c14-13(15)9-3-5-10(6-4-9)16-11-2-1-7-12-8-11;7-5-1-3-6(4-2-5)8(9)10/h1-8H;1-4H. The first-order valence-electron chi connectivity index (χ1n) is 7.18. The minimum atomic E-state index is -0.462. The maximum atomic E-state index is 10.4. The Morgan fingerprint density at radius 1 is 0.808 bits per heavy atom. The summed E-state index contributed by atoms with van der Waals surface area (Å²) in [5.41, 5.74) is 0.0999. The molecular weight excluding hydrogens is 362 g/mol. The molecule has 0 spiro atoms. The van der Waals surface area contributed by atoms with Crippen LogP contribution in [-0.2, 0) is 0 Å². The molecule has 0 aliphatic carbocycles. The Labute approximate surface area is 152 Å². The molecule has 2 aromatic carbocycles. The lowest BCUT2D eigenvalue weighted by atomic mass is 10.3. The van der Waals surface area contributed by atoms with Gasteiger partial charge in [-0.3, -0.25) is 25.2 Å². The summed E-state index contributed by atoms with van der Waals surface area (Å²) in [4.78, 5) is 23.5. The lowest BCUT2D eigenvalue weighted by molar-refractivity contribution is -0.385. The van der Waals surface area contributed by atoms with Gasteiger partial charge in [-0.05, 0) is 36.4 Å². The molecule has 8 nitrogen and oxygen atoms in total. The van der Waals surface area contributed by atoms with Crippen LogP contribution < -0.4 is 4.74 Å². The second-order valence-corrected chi connectivity index (χ2v) is 5.21. The SMILES string of the molecule is O=[N+]([O-])c1ccc(Cl)cc1.O=[N+]([O-])c1ccc(Oc2cccnc2)cc1. The Balaban J connectivity index is 0.000000209. The third-order valence-corrected chi connectivity index (χ3v) is 3.21. The van der Waals surface area contributed by atoms with E-state index in [9.17, 15) is 20.2 Å². The molecule has 9 heteroatoms. The molecule has 26 heavy (non-hydrogen) atoms. The predicted octanol–water partition coefficient (Wildman–Crippen LogP) is 5.03. The number of pyridine rings is 1. The summed E-state index contributed by atoms with van der Waals surface area (Å²) < 4.78 is 5.43. The second kappa shape index (κ2) is 9.09. The van der Waals surface area contributed by atoms with Crippen LogP contribution in [0.3, 0.4) is 0 Å². The van der Waals surface area contributed by atoms with Crippen LogP contribution in [0, 0.1) is 20.2 Å². The maximum Gasteiger partial charge on any atom is 0.269 e. The Bertz CT molecular complexity index is 871. The second-order valence-electron chi connectivity index (χ2n) is 4.78. The fraction of sp³-hybridized carbons (Fsp3) is 0. The maximum absolute atomic E-state index is 10.4. The molecule has 3 aromatic rings. The highest BCUT2D eigenvalue weighted by Gasteiger charge is 2.04. The number of halogens is 1. The van der Waals surface area contributed by atoms with E-state index in [4.69, 9.17) is 16.3 Å². The van der Waals surface area contributed by atoms with Crippen LogP contribution in [-0.4, -0.2) is 14.8 Å². The van der Waals surface area contributed by atoms with Crippen LogP contribution in [0.4, 0.5) is 11.4 Å². The van der Waals surface area contributed by atoms with Crippen molar-refractivity contribution < 1.29 is 14.6 Å². The van der Waals surface area contributed by atoms with Gasteiger partial charge >= 0.3 is 0 Å². The molecule has 3 rings (SSSR count). The number of hydrogen-bond acceptors (Lipinski definition) is 6. The molecule has 0 fully saturated rings. The molecule has 0 aliphatic rings.